The number of benzene rings is 1. The Kier molecular flexibility index (Phi) is 14.3. The Hall–Kier alpha value is -3.54. The van der Waals surface area contributed by atoms with E-state index in [4.69, 9.17) is 13.9 Å². The third kappa shape index (κ3) is 11.9. The molecular formula is C29H40N2O4. The van der Waals surface area contributed by atoms with Gasteiger partial charge in [0.2, 0.25) is 0 Å². The monoisotopic (exact) mass is 480 g/mol. The lowest BCUT2D eigenvalue weighted by molar-refractivity contribution is -0.142. The van der Waals surface area contributed by atoms with Gasteiger partial charge in [0.05, 0.1) is 19.4 Å². The maximum absolute atomic E-state index is 11.9. The maximum atomic E-state index is 11.9. The second-order valence-corrected chi connectivity index (χ2v) is 7.98. The van der Waals surface area contributed by atoms with Gasteiger partial charge in [0, 0.05) is 19.8 Å². The molecular weight excluding hydrogens is 440 g/mol. The van der Waals surface area contributed by atoms with Gasteiger partial charge in [-0.05, 0) is 63.6 Å². The largest absolute Gasteiger partial charge is 0.493 e. The molecule has 0 spiro atoms. The van der Waals surface area contributed by atoms with Crippen molar-refractivity contribution in [3.05, 3.63) is 96.4 Å². The average Bonchev–Trinajstić information content (AvgIpc) is 3.19. The zero-order valence-electron chi connectivity index (χ0n) is 21.8. The number of nitrogens with zero attached hydrogens (tertiary/aromatic N) is 1. The van der Waals surface area contributed by atoms with Crippen molar-refractivity contribution in [1.29, 1.82) is 0 Å². The summed E-state index contributed by atoms with van der Waals surface area (Å²) in [7, 11) is 1.38. The van der Waals surface area contributed by atoms with Crippen molar-refractivity contribution in [2.24, 2.45) is 0 Å². The number of esters is 1. The molecule has 6 heteroatoms. The number of rotatable bonds is 13. The lowest BCUT2D eigenvalue weighted by atomic mass is 10.1. The number of methoxy groups -OCH3 is 1. The standard InChI is InChI=1S/C21H26N2O4.C8H14/c1-5-6-12-22-20(21(24)25-4)14-17-7-9-18(10-8-17)26-13-11-19-15(2)27-16(3)23-19;1-4-6-7-8(3)5-2/h5-10,12,20,22H,1,11,13-14H2,2-4H3;4-5H,1,6-7H2,2-3H3/b12-6-;8-5-. The highest BCUT2D eigenvalue weighted by atomic mass is 16.5. The van der Waals surface area contributed by atoms with Crippen LogP contribution in [0.3, 0.4) is 0 Å². The van der Waals surface area contributed by atoms with Gasteiger partial charge in [-0.15, -0.1) is 6.58 Å². The number of nitrogens with one attached hydrogen (secondary N) is 1. The van der Waals surface area contributed by atoms with Crippen LogP contribution in [0.1, 0.15) is 49.6 Å². The molecule has 0 bridgehead atoms. The van der Waals surface area contributed by atoms with E-state index in [1.54, 1.807) is 18.4 Å². The van der Waals surface area contributed by atoms with Crippen LogP contribution < -0.4 is 10.1 Å². The molecule has 0 radical (unpaired) electrons. The number of carbonyl (C=O) groups is 1. The summed E-state index contributed by atoms with van der Waals surface area (Å²) in [5.41, 5.74) is 3.37. The van der Waals surface area contributed by atoms with E-state index < -0.39 is 6.04 Å². The SMILES string of the molecule is C=C/C=C\NC(Cc1ccc(OCCc2nc(C)oc2C)cc1)C(=O)OC.C=CCC/C(C)=C\C. The summed E-state index contributed by atoms with van der Waals surface area (Å²) in [6.45, 7) is 15.7. The minimum Gasteiger partial charge on any atom is -0.493 e. The fourth-order valence-corrected chi connectivity index (χ4v) is 3.09. The molecule has 0 aliphatic carbocycles. The van der Waals surface area contributed by atoms with Crippen LogP contribution >= 0.6 is 0 Å². The Morgan fingerprint density at radius 2 is 1.94 bits per heavy atom. The number of carbonyl (C=O) groups excluding carboxylic acids is 1. The van der Waals surface area contributed by atoms with Gasteiger partial charge in [0.15, 0.2) is 5.89 Å². The number of hydrogen-bond acceptors (Lipinski definition) is 6. The molecule has 190 valence electrons. The van der Waals surface area contributed by atoms with Crippen molar-refractivity contribution in [2.45, 2.75) is 59.4 Å². The van der Waals surface area contributed by atoms with E-state index in [1.165, 1.54) is 19.1 Å². The van der Waals surface area contributed by atoms with E-state index in [1.807, 2.05) is 44.2 Å². The van der Waals surface area contributed by atoms with Crippen LogP contribution in [0.25, 0.3) is 0 Å². The maximum Gasteiger partial charge on any atom is 0.328 e. The highest BCUT2D eigenvalue weighted by Gasteiger charge is 2.18. The smallest absolute Gasteiger partial charge is 0.328 e. The van der Waals surface area contributed by atoms with Crippen LogP contribution in [-0.4, -0.2) is 30.7 Å². The minimum absolute atomic E-state index is 0.317. The molecule has 1 aromatic carbocycles. The molecule has 1 aromatic heterocycles. The van der Waals surface area contributed by atoms with E-state index in [9.17, 15) is 4.79 Å². The Bertz CT molecular complexity index is 971. The lowest BCUT2D eigenvalue weighted by Crippen LogP contribution is -2.36. The first-order valence-electron chi connectivity index (χ1n) is 11.8. The van der Waals surface area contributed by atoms with Gasteiger partial charge >= 0.3 is 5.97 Å². The fraction of sp³-hybridized carbons (Fsp3) is 0.379. The second kappa shape index (κ2) is 17.0. The number of aryl methyl sites for hydroxylation is 2. The predicted octanol–water partition coefficient (Wildman–Crippen LogP) is 6.21. The summed E-state index contributed by atoms with van der Waals surface area (Å²) in [6.07, 6.45) is 12.6. The van der Waals surface area contributed by atoms with E-state index in [0.717, 1.165) is 29.2 Å². The van der Waals surface area contributed by atoms with Gasteiger partial charge in [-0.25, -0.2) is 9.78 Å². The van der Waals surface area contributed by atoms with Gasteiger partial charge in [-0.3, -0.25) is 0 Å². The van der Waals surface area contributed by atoms with Crippen molar-refractivity contribution in [3.63, 3.8) is 0 Å². The van der Waals surface area contributed by atoms with E-state index in [2.05, 4.69) is 43.4 Å². The fourth-order valence-electron chi connectivity index (χ4n) is 3.09. The summed E-state index contributed by atoms with van der Waals surface area (Å²) >= 11 is 0. The molecule has 0 amide bonds. The molecule has 0 aliphatic rings. The highest BCUT2D eigenvalue weighted by Crippen LogP contribution is 2.15. The van der Waals surface area contributed by atoms with Crippen molar-refractivity contribution in [1.82, 2.24) is 10.3 Å². The quantitative estimate of drug-likeness (QED) is 0.209. The van der Waals surface area contributed by atoms with Crippen molar-refractivity contribution < 1.29 is 18.7 Å². The summed E-state index contributed by atoms with van der Waals surface area (Å²) in [5.74, 6) is 1.95. The molecule has 1 unspecified atom stereocenters. The van der Waals surface area contributed by atoms with Gasteiger partial charge in [0.25, 0.3) is 0 Å². The van der Waals surface area contributed by atoms with Crippen molar-refractivity contribution in [3.8, 4) is 5.75 Å². The zero-order valence-corrected chi connectivity index (χ0v) is 21.8. The minimum atomic E-state index is -0.462. The lowest BCUT2D eigenvalue weighted by Gasteiger charge is -2.15. The number of ether oxygens (including phenoxy) is 2. The molecule has 2 aromatic rings. The third-order valence-corrected chi connectivity index (χ3v) is 5.22. The molecule has 35 heavy (non-hydrogen) atoms. The van der Waals surface area contributed by atoms with Crippen LogP contribution in [0.4, 0.5) is 0 Å². The Morgan fingerprint density at radius 3 is 2.49 bits per heavy atom. The molecule has 2 rings (SSSR count). The Morgan fingerprint density at radius 1 is 1.23 bits per heavy atom. The molecule has 0 saturated heterocycles. The number of aromatic nitrogens is 1. The third-order valence-electron chi connectivity index (χ3n) is 5.22. The van der Waals surface area contributed by atoms with Gasteiger partial charge in [-0.1, -0.05) is 42.5 Å². The van der Waals surface area contributed by atoms with Gasteiger partial charge < -0.3 is 19.2 Å². The van der Waals surface area contributed by atoms with Gasteiger partial charge in [-0.2, -0.15) is 0 Å². The first kappa shape index (κ1) is 29.5. The van der Waals surface area contributed by atoms with Crippen LogP contribution in [0, 0.1) is 13.8 Å². The van der Waals surface area contributed by atoms with Crippen LogP contribution in [-0.2, 0) is 22.4 Å². The van der Waals surface area contributed by atoms with E-state index in [0.29, 0.717) is 25.3 Å². The molecule has 0 fully saturated rings. The van der Waals surface area contributed by atoms with E-state index in [-0.39, 0.29) is 5.97 Å². The molecule has 1 heterocycles. The predicted molar refractivity (Wildman–Crippen MR) is 142 cm³/mol. The van der Waals surface area contributed by atoms with Crippen molar-refractivity contribution in [2.75, 3.05) is 13.7 Å². The summed E-state index contributed by atoms with van der Waals surface area (Å²) < 4.78 is 16.0. The molecule has 6 nitrogen and oxygen atoms in total. The average molecular weight is 481 g/mol. The summed E-state index contributed by atoms with van der Waals surface area (Å²) in [4.78, 5) is 16.2. The van der Waals surface area contributed by atoms with Gasteiger partial charge in [0.1, 0.15) is 17.6 Å². The van der Waals surface area contributed by atoms with Crippen LogP contribution in [0.5, 0.6) is 5.75 Å². The normalized spacial score (nSPS) is 11.9. The summed E-state index contributed by atoms with van der Waals surface area (Å²) in [6, 6.07) is 7.20. The van der Waals surface area contributed by atoms with E-state index >= 15 is 0 Å². The number of oxazole rings is 1. The first-order valence-corrected chi connectivity index (χ1v) is 11.8. The topological polar surface area (TPSA) is 73.6 Å². The molecule has 0 saturated carbocycles. The van der Waals surface area contributed by atoms with Crippen LogP contribution in [0.2, 0.25) is 0 Å². The van der Waals surface area contributed by atoms with Crippen LogP contribution in [0.15, 0.2) is 77.9 Å². The van der Waals surface area contributed by atoms with Crippen molar-refractivity contribution >= 4 is 5.97 Å². The Balaban J connectivity index is 0.000000658. The highest BCUT2D eigenvalue weighted by molar-refractivity contribution is 5.76. The molecule has 1 atom stereocenters. The summed E-state index contributed by atoms with van der Waals surface area (Å²) in [5, 5.41) is 3.02. The Labute approximate surface area is 210 Å². The molecule has 0 aliphatic heterocycles. The second-order valence-electron chi connectivity index (χ2n) is 7.98. The molecule has 1 N–H and O–H groups in total. The number of allylic oxidation sites excluding steroid dienone is 5. The number of hydrogen-bond donors (Lipinski definition) is 1. The first-order chi connectivity index (χ1) is 16.8. The zero-order chi connectivity index (χ0) is 26.1.